The molecule has 1 aromatic carbocycles. The maximum absolute atomic E-state index is 12.2. The van der Waals surface area contributed by atoms with Crippen LogP contribution in [-0.4, -0.2) is 36.6 Å². The molecule has 0 spiro atoms. The number of benzene rings is 1. The predicted molar refractivity (Wildman–Crippen MR) is 67.4 cm³/mol. The fraction of sp³-hybridized carbons (Fsp3) is 0.385. The molecule has 1 aromatic rings. The highest BCUT2D eigenvalue weighted by Crippen LogP contribution is 2.18. The maximum atomic E-state index is 12.2. The van der Waals surface area contributed by atoms with E-state index in [1.165, 1.54) is 0 Å². The molecule has 1 amide bonds. The largest absolute Gasteiger partial charge is 0.481 e. The molecule has 0 radical (unpaired) electrons. The second kappa shape index (κ2) is 5.64. The van der Waals surface area contributed by atoms with Crippen molar-refractivity contribution in [3.8, 4) is 0 Å². The Morgan fingerprint density at radius 1 is 1.28 bits per heavy atom. The number of hydrogen-bond donors (Lipinski definition) is 2. The Hall–Kier alpha value is -1.88. The van der Waals surface area contributed by atoms with Crippen LogP contribution in [0.4, 0.5) is 5.69 Å². The lowest BCUT2D eigenvalue weighted by Gasteiger charge is -2.32. The van der Waals surface area contributed by atoms with Gasteiger partial charge in [-0.05, 0) is 12.1 Å². The molecule has 2 rings (SSSR count). The quantitative estimate of drug-likeness (QED) is 0.805. The summed E-state index contributed by atoms with van der Waals surface area (Å²) in [6, 6.07) is 9.21. The summed E-state index contributed by atoms with van der Waals surface area (Å²) in [4.78, 5) is 24.5. The summed E-state index contributed by atoms with van der Waals surface area (Å²) in [6.45, 7) is 1.57. The summed E-state index contributed by atoms with van der Waals surface area (Å²) in [7, 11) is 0. The first-order chi connectivity index (χ1) is 8.68. The molecule has 96 valence electrons. The van der Waals surface area contributed by atoms with Gasteiger partial charge in [0.15, 0.2) is 0 Å². The number of amides is 1. The Kier molecular flexibility index (Phi) is 3.94. The molecule has 0 saturated carbocycles. The molecule has 0 unspecified atom stereocenters. The minimum Gasteiger partial charge on any atom is -0.481 e. The molecule has 5 nitrogen and oxygen atoms in total. The van der Waals surface area contributed by atoms with E-state index < -0.39 is 5.97 Å². The van der Waals surface area contributed by atoms with Crippen LogP contribution in [0.15, 0.2) is 30.3 Å². The van der Waals surface area contributed by atoms with E-state index in [0.29, 0.717) is 13.1 Å². The molecule has 0 aromatic heterocycles. The average molecular weight is 248 g/mol. The van der Waals surface area contributed by atoms with E-state index in [-0.39, 0.29) is 24.8 Å². The minimum atomic E-state index is -0.893. The van der Waals surface area contributed by atoms with Crippen molar-refractivity contribution in [3.63, 3.8) is 0 Å². The van der Waals surface area contributed by atoms with Crippen LogP contribution in [0.5, 0.6) is 0 Å². The number of carboxylic acid groups (broad SMARTS) is 1. The third-order valence-corrected chi connectivity index (χ3v) is 3.01. The monoisotopic (exact) mass is 248 g/mol. The number of para-hydroxylation sites is 1. The fourth-order valence-corrected chi connectivity index (χ4v) is 1.87. The lowest BCUT2D eigenvalue weighted by molar-refractivity contribution is -0.136. The van der Waals surface area contributed by atoms with Gasteiger partial charge in [0.2, 0.25) is 5.91 Å². The Morgan fingerprint density at radius 2 is 1.94 bits per heavy atom. The van der Waals surface area contributed by atoms with Crippen LogP contribution < -0.4 is 10.2 Å². The van der Waals surface area contributed by atoms with Crippen molar-refractivity contribution in [2.24, 2.45) is 5.92 Å². The summed E-state index contributed by atoms with van der Waals surface area (Å²) in [5, 5.41) is 11.8. The number of nitrogens with one attached hydrogen (secondary N) is 1. The molecule has 0 bridgehead atoms. The second-order valence-electron chi connectivity index (χ2n) is 4.32. The number of hydrogen-bond acceptors (Lipinski definition) is 3. The third-order valence-electron chi connectivity index (χ3n) is 3.01. The van der Waals surface area contributed by atoms with Crippen LogP contribution in [0.1, 0.15) is 6.42 Å². The Morgan fingerprint density at radius 3 is 2.44 bits per heavy atom. The lowest BCUT2D eigenvalue weighted by atomic mass is 10.0. The average Bonchev–Trinajstić information content (AvgIpc) is 2.28. The van der Waals surface area contributed by atoms with Crippen molar-refractivity contribution in [1.82, 2.24) is 5.32 Å². The molecule has 1 aliphatic rings. The highest BCUT2D eigenvalue weighted by atomic mass is 16.4. The topological polar surface area (TPSA) is 69.6 Å². The van der Waals surface area contributed by atoms with Crippen LogP contribution in [-0.2, 0) is 9.59 Å². The smallest absolute Gasteiger partial charge is 0.305 e. The number of carboxylic acids is 1. The van der Waals surface area contributed by atoms with E-state index in [1.54, 1.807) is 4.90 Å². The van der Waals surface area contributed by atoms with Crippen LogP contribution in [0.25, 0.3) is 0 Å². The van der Waals surface area contributed by atoms with Crippen LogP contribution in [0.2, 0.25) is 0 Å². The zero-order valence-electron chi connectivity index (χ0n) is 10.0. The molecule has 5 heteroatoms. The summed E-state index contributed by atoms with van der Waals surface area (Å²) >= 11 is 0. The normalized spacial score (nSPS) is 14.9. The lowest BCUT2D eigenvalue weighted by Crippen LogP contribution is -2.52. The molecule has 2 N–H and O–H groups in total. The van der Waals surface area contributed by atoms with E-state index in [0.717, 1.165) is 5.69 Å². The molecule has 1 aliphatic heterocycles. The number of carbonyl (C=O) groups excluding carboxylic acids is 1. The molecular weight excluding hydrogens is 232 g/mol. The number of rotatable bonds is 5. The zero-order chi connectivity index (χ0) is 13.0. The first-order valence-corrected chi connectivity index (χ1v) is 5.97. The SMILES string of the molecule is O=C(O)CCN(C(=O)C1CNC1)c1ccccc1. The summed E-state index contributed by atoms with van der Waals surface area (Å²) in [6.07, 6.45) is -0.0409. The van der Waals surface area contributed by atoms with Gasteiger partial charge in [-0.3, -0.25) is 9.59 Å². The van der Waals surface area contributed by atoms with E-state index in [1.807, 2.05) is 30.3 Å². The molecule has 0 aliphatic carbocycles. The van der Waals surface area contributed by atoms with Crippen molar-refractivity contribution in [2.45, 2.75) is 6.42 Å². The molecular formula is C13H16N2O3. The number of carbonyl (C=O) groups is 2. The molecule has 1 heterocycles. The molecule has 0 atom stereocenters. The summed E-state index contributed by atoms with van der Waals surface area (Å²) in [5.74, 6) is -0.921. The first kappa shape index (κ1) is 12.6. The maximum Gasteiger partial charge on any atom is 0.305 e. The number of anilines is 1. The minimum absolute atomic E-state index is 0.00111. The standard InChI is InChI=1S/C13H16N2O3/c16-12(17)6-7-15(11-4-2-1-3-5-11)13(18)10-8-14-9-10/h1-5,10,14H,6-9H2,(H,16,17). The van der Waals surface area contributed by atoms with Crippen molar-refractivity contribution < 1.29 is 14.7 Å². The molecule has 1 saturated heterocycles. The third kappa shape index (κ3) is 2.87. The van der Waals surface area contributed by atoms with Crippen LogP contribution in [0, 0.1) is 5.92 Å². The van der Waals surface area contributed by atoms with Crippen molar-refractivity contribution in [1.29, 1.82) is 0 Å². The Balaban J connectivity index is 2.11. The van der Waals surface area contributed by atoms with Gasteiger partial charge < -0.3 is 15.3 Å². The van der Waals surface area contributed by atoms with Gasteiger partial charge in [0, 0.05) is 25.3 Å². The molecule has 1 fully saturated rings. The fourth-order valence-electron chi connectivity index (χ4n) is 1.87. The van der Waals surface area contributed by atoms with Gasteiger partial charge in [0.1, 0.15) is 0 Å². The van der Waals surface area contributed by atoms with Gasteiger partial charge in [-0.1, -0.05) is 18.2 Å². The van der Waals surface area contributed by atoms with E-state index in [4.69, 9.17) is 5.11 Å². The Labute approximate surface area is 105 Å². The highest BCUT2D eigenvalue weighted by molar-refractivity contribution is 5.96. The van der Waals surface area contributed by atoms with E-state index in [2.05, 4.69) is 5.32 Å². The number of aliphatic carboxylic acids is 1. The van der Waals surface area contributed by atoms with Crippen molar-refractivity contribution >= 4 is 17.6 Å². The Bertz CT molecular complexity index is 429. The predicted octanol–water partition coefficient (Wildman–Crippen LogP) is 0.714. The number of nitrogens with zero attached hydrogens (tertiary/aromatic N) is 1. The van der Waals surface area contributed by atoms with Gasteiger partial charge in [0.05, 0.1) is 12.3 Å². The van der Waals surface area contributed by atoms with Crippen LogP contribution >= 0.6 is 0 Å². The van der Waals surface area contributed by atoms with Crippen molar-refractivity contribution in [2.75, 3.05) is 24.5 Å². The van der Waals surface area contributed by atoms with Crippen LogP contribution in [0.3, 0.4) is 0 Å². The van der Waals surface area contributed by atoms with Gasteiger partial charge in [-0.25, -0.2) is 0 Å². The van der Waals surface area contributed by atoms with Gasteiger partial charge in [-0.2, -0.15) is 0 Å². The van der Waals surface area contributed by atoms with E-state index >= 15 is 0 Å². The summed E-state index contributed by atoms with van der Waals surface area (Å²) in [5.41, 5.74) is 0.760. The zero-order valence-corrected chi connectivity index (χ0v) is 10.0. The molecule has 18 heavy (non-hydrogen) atoms. The first-order valence-electron chi connectivity index (χ1n) is 5.97. The van der Waals surface area contributed by atoms with Crippen molar-refractivity contribution in [3.05, 3.63) is 30.3 Å². The van der Waals surface area contributed by atoms with Gasteiger partial charge in [-0.15, -0.1) is 0 Å². The second-order valence-corrected chi connectivity index (χ2v) is 4.32. The highest BCUT2D eigenvalue weighted by Gasteiger charge is 2.30. The summed E-state index contributed by atoms with van der Waals surface area (Å²) < 4.78 is 0. The van der Waals surface area contributed by atoms with E-state index in [9.17, 15) is 9.59 Å². The van der Waals surface area contributed by atoms with Gasteiger partial charge in [0.25, 0.3) is 0 Å². The van der Waals surface area contributed by atoms with Gasteiger partial charge >= 0.3 is 5.97 Å².